The van der Waals surface area contributed by atoms with Crippen LogP contribution >= 0.6 is 0 Å². The van der Waals surface area contributed by atoms with E-state index in [1.165, 1.54) is 0 Å². The zero-order chi connectivity index (χ0) is 18.2. The Bertz CT molecular complexity index is 717. The van der Waals surface area contributed by atoms with Crippen molar-refractivity contribution in [1.82, 2.24) is 0 Å². The van der Waals surface area contributed by atoms with Crippen molar-refractivity contribution >= 4 is 18.3 Å². The van der Waals surface area contributed by atoms with Gasteiger partial charge in [0.25, 0.3) is 0 Å². The quantitative estimate of drug-likeness (QED) is 0.511. The summed E-state index contributed by atoms with van der Waals surface area (Å²) in [4.78, 5) is 0. The molecule has 1 fully saturated rings. The molecule has 1 heterocycles. The average Bonchev–Trinajstić information content (AvgIpc) is 2.69. The molecule has 0 aromatic heterocycles. The van der Waals surface area contributed by atoms with Crippen molar-refractivity contribution in [1.29, 1.82) is 0 Å². The van der Waals surface area contributed by atoms with Crippen LogP contribution in [0.25, 0.3) is 0 Å². The number of hydrogen-bond acceptors (Lipinski definition) is 4. The number of hydrogen-bond donors (Lipinski definition) is 0. The van der Waals surface area contributed by atoms with Crippen LogP contribution in [0.15, 0.2) is 72.8 Å². The first-order chi connectivity index (χ1) is 12.8. The van der Waals surface area contributed by atoms with Gasteiger partial charge in [-0.15, -0.1) is 0 Å². The molecule has 0 aliphatic carbocycles. The summed E-state index contributed by atoms with van der Waals surface area (Å²) >= 11 is -2.18. The van der Waals surface area contributed by atoms with Crippen molar-refractivity contribution in [3.05, 3.63) is 78.4 Å². The van der Waals surface area contributed by atoms with Crippen LogP contribution in [-0.2, 0) is 24.7 Å². The summed E-state index contributed by atoms with van der Waals surface area (Å²) < 4.78 is 31.3. The van der Waals surface area contributed by atoms with E-state index in [9.17, 15) is 3.83 Å². The van der Waals surface area contributed by atoms with Gasteiger partial charge in [-0.05, 0) is 0 Å². The van der Waals surface area contributed by atoms with Gasteiger partial charge in [-0.1, -0.05) is 0 Å². The predicted molar refractivity (Wildman–Crippen MR) is 102 cm³/mol. The first-order valence-corrected chi connectivity index (χ1v) is 11.5. The van der Waals surface area contributed by atoms with Gasteiger partial charge < -0.3 is 0 Å². The Morgan fingerprint density at radius 3 is 2.50 bits per heavy atom. The summed E-state index contributed by atoms with van der Waals surface area (Å²) in [6, 6.07) is 19.6. The summed E-state index contributed by atoms with van der Waals surface area (Å²) in [6.45, 7) is 2.90. The van der Waals surface area contributed by atoms with Crippen LogP contribution in [0, 0.1) is 0 Å². The van der Waals surface area contributed by atoms with Crippen LogP contribution in [0.4, 0.5) is 0 Å². The minimum absolute atomic E-state index is 0.176. The molecule has 4 nitrogen and oxygen atoms in total. The predicted octanol–water partition coefficient (Wildman–Crippen LogP) is 3.22. The molecule has 138 valence electrons. The van der Waals surface area contributed by atoms with Crippen molar-refractivity contribution < 1.29 is 18.0 Å². The molecule has 1 saturated heterocycles. The van der Waals surface area contributed by atoms with E-state index in [4.69, 9.17) is 14.2 Å². The van der Waals surface area contributed by atoms with E-state index in [2.05, 4.69) is 0 Å². The third-order valence-corrected chi connectivity index (χ3v) is 6.98. The topological polar surface area (TPSA) is 44.8 Å². The third-order valence-electron chi connectivity index (χ3n) is 4.10. The molecule has 2 aromatic carbocycles. The molecule has 4 atom stereocenters. The fourth-order valence-electron chi connectivity index (χ4n) is 2.76. The van der Waals surface area contributed by atoms with Gasteiger partial charge >= 0.3 is 159 Å². The zero-order valence-corrected chi connectivity index (χ0v) is 16.5. The fourth-order valence-corrected chi connectivity index (χ4v) is 5.01. The van der Waals surface area contributed by atoms with Crippen molar-refractivity contribution in [2.24, 2.45) is 0 Å². The third kappa shape index (κ3) is 5.44. The van der Waals surface area contributed by atoms with Gasteiger partial charge in [0, 0.05) is 0 Å². The number of benzene rings is 2. The van der Waals surface area contributed by atoms with Crippen molar-refractivity contribution in [2.45, 2.75) is 37.3 Å². The molecule has 0 spiro atoms. The first kappa shape index (κ1) is 19.1. The molecule has 0 N–H and O–H groups in total. The Morgan fingerprint density at radius 2 is 1.81 bits per heavy atom. The van der Waals surface area contributed by atoms with E-state index in [0.717, 1.165) is 10.0 Å². The van der Waals surface area contributed by atoms with E-state index in [0.29, 0.717) is 18.5 Å². The number of rotatable bonds is 7. The van der Waals surface area contributed by atoms with Crippen molar-refractivity contribution in [2.75, 3.05) is 6.61 Å². The van der Waals surface area contributed by atoms with Gasteiger partial charge in [-0.2, -0.15) is 0 Å². The second-order valence-electron chi connectivity index (χ2n) is 6.05. The molecule has 0 saturated carbocycles. The zero-order valence-electron chi connectivity index (χ0n) is 14.8. The molecule has 0 amide bonds. The van der Waals surface area contributed by atoms with Crippen molar-refractivity contribution in [3.8, 4) is 0 Å². The van der Waals surface area contributed by atoms with Gasteiger partial charge in [0.05, 0.1) is 0 Å². The molecule has 2 unspecified atom stereocenters. The summed E-state index contributed by atoms with van der Waals surface area (Å²) in [5.41, 5.74) is 1.12. The average molecular weight is 419 g/mol. The molecular weight excluding hydrogens is 395 g/mol. The van der Waals surface area contributed by atoms with Gasteiger partial charge in [0.15, 0.2) is 0 Å². The minimum atomic E-state index is -2.18. The van der Waals surface area contributed by atoms with E-state index in [1.807, 2.05) is 79.7 Å². The van der Waals surface area contributed by atoms with E-state index < -0.39 is 20.1 Å². The van der Waals surface area contributed by atoms with E-state index in [-0.39, 0.29) is 12.2 Å². The van der Waals surface area contributed by atoms with E-state index >= 15 is 0 Å². The maximum absolute atomic E-state index is 12.6. The van der Waals surface area contributed by atoms with Gasteiger partial charge in [0.2, 0.25) is 0 Å². The molecule has 1 aliphatic rings. The van der Waals surface area contributed by atoms with Crippen LogP contribution in [-0.4, -0.2) is 38.9 Å². The summed E-state index contributed by atoms with van der Waals surface area (Å²) in [7, 11) is 0. The molecule has 26 heavy (non-hydrogen) atoms. The SMILES string of the molecule is C/C=C/[C@@H]1OC(C[Se](=O)c2ccccc2)OC[C@@H]1OCc1ccccc1. The Morgan fingerprint density at radius 1 is 1.12 bits per heavy atom. The monoisotopic (exact) mass is 420 g/mol. The molecule has 0 radical (unpaired) electrons. The van der Waals surface area contributed by atoms with E-state index in [1.54, 1.807) is 0 Å². The molecule has 3 rings (SSSR count). The van der Waals surface area contributed by atoms with Crippen LogP contribution < -0.4 is 4.46 Å². The van der Waals surface area contributed by atoms with Gasteiger partial charge in [0.1, 0.15) is 0 Å². The Hall–Kier alpha value is -1.62. The van der Waals surface area contributed by atoms with Crippen LogP contribution in [0.3, 0.4) is 0 Å². The van der Waals surface area contributed by atoms with Gasteiger partial charge in [-0.25, -0.2) is 0 Å². The standard InChI is InChI=1S/C21H24O4Se/c1-2-9-19-20(23-14-17-10-5-3-6-11-17)15-24-21(25-19)16-26(22)18-12-7-4-8-13-18/h2-13,19-21H,14-16H2,1H3/b9-2+/t19-,20-,21?,26?/m0/s1. The number of ether oxygens (including phenoxy) is 3. The first-order valence-electron chi connectivity index (χ1n) is 8.75. The van der Waals surface area contributed by atoms with Crippen LogP contribution in [0.1, 0.15) is 12.5 Å². The molecular formula is C21H24O4Se. The van der Waals surface area contributed by atoms with Gasteiger partial charge in [-0.3, -0.25) is 0 Å². The number of allylic oxidation sites excluding steroid dienone is 1. The van der Waals surface area contributed by atoms with Crippen molar-refractivity contribution in [3.63, 3.8) is 0 Å². The van der Waals surface area contributed by atoms with Crippen LogP contribution in [0.5, 0.6) is 0 Å². The second kappa shape index (κ2) is 9.91. The summed E-state index contributed by atoms with van der Waals surface area (Å²) in [5, 5.41) is 0.406. The normalized spacial score (nSPS) is 24.6. The molecule has 1 aliphatic heterocycles. The molecule has 0 bridgehead atoms. The molecule has 2 aromatic rings. The summed E-state index contributed by atoms with van der Waals surface area (Å²) in [5.74, 6) is 0. The maximum atomic E-state index is 12.6. The fraction of sp³-hybridized carbons (Fsp3) is 0.333. The molecule has 5 heteroatoms. The Labute approximate surface area is 158 Å². The van der Waals surface area contributed by atoms with Crippen LogP contribution in [0.2, 0.25) is 5.32 Å². The Balaban J connectivity index is 1.56. The second-order valence-corrected chi connectivity index (χ2v) is 9.19. The summed E-state index contributed by atoms with van der Waals surface area (Å²) in [6.07, 6.45) is 3.10. The Kier molecular flexibility index (Phi) is 7.30.